The van der Waals surface area contributed by atoms with Gasteiger partial charge in [-0.2, -0.15) is 0 Å². The van der Waals surface area contributed by atoms with Gasteiger partial charge >= 0.3 is 0 Å². The molecule has 0 saturated carbocycles. The Morgan fingerprint density at radius 1 is 1.23 bits per heavy atom. The minimum atomic E-state index is -0.408. The second kappa shape index (κ2) is 6.45. The number of thiophene rings is 1. The van der Waals surface area contributed by atoms with E-state index in [1.165, 1.54) is 39.3 Å². The number of aromatic nitrogens is 2. The van der Waals surface area contributed by atoms with Gasteiger partial charge in [0.15, 0.2) is 0 Å². The molecule has 1 aliphatic rings. The molecule has 0 spiro atoms. The summed E-state index contributed by atoms with van der Waals surface area (Å²) in [5.41, 5.74) is 1.01. The Morgan fingerprint density at radius 2 is 2.00 bits per heavy atom. The van der Waals surface area contributed by atoms with E-state index in [1.54, 1.807) is 17.5 Å². The maximum Gasteiger partial charge on any atom is 0.263 e. The third-order valence-electron chi connectivity index (χ3n) is 4.40. The second-order valence-electron chi connectivity index (χ2n) is 6.06. The fraction of sp³-hybridized carbons (Fsp3) is 0.222. The van der Waals surface area contributed by atoms with E-state index in [1.807, 2.05) is 0 Å². The van der Waals surface area contributed by atoms with Crippen LogP contribution in [0.25, 0.3) is 21.3 Å². The zero-order valence-electron chi connectivity index (χ0n) is 13.6. The van der Waals surface area contributed by atoms with Crippen LogP contribution in [0.3, 0.4) is 0 Å². The van der Waals surface area contributed by atoms with E-state index < -0.39 is 5.91 Å². The van der Waals surface area contributed by atoms with Crippen LogP contribution in [-0.4, -0.2) is 32.8 Å². The minimum absolute atomic E-state index is 0.209. The molecular formula is C18H14FN3O3S. The van der Waals surface area contributed by atoms with Crippen LogP contribution >= 0.6 is 11.3 Å². The van der Waals surface area contributed by atoms with Gasteiger partial charge in [0.25, 0.3) is 5.56 Å². The van der Waals surface area contributed by atoms with E-state index >= 15 is 0 Å². The molecule has 0 unspecified atom stereocenters. The lowest BCUT2D eigenvalue weighted by molar-refractivity contribution is -0.142. The topological polar surface area (TPSA) is 72.3 Å². The SMILES string of the molecule is O=C1CCCN1C(=O)Cn1cnc2scc(-c3ccc(F)cc3)c2c1=O. The summed E-state index contributed by atoms with van der Waals surface area (Å²) < 4.78 is 14.4. The summed E-state index contributed by atoms with van der Waals surface area (Å²) in [6.07, 6.45) is 2.33. The number of rotatable bonds is 3. The molecule has 2 aromatic heterocycles. The van der Waals surface area contributed by atoms with Gasteiger partial charge in [-0.3, -0.25) is 23.9 Å². The van der Waals surface area contributed by atoms with Crippen LogP contribution in [0.4, 0.5) is 4.39 Å². The van der Waals surface area contributed by atoms with E-state index in [-0.39, 0.29) is 23.8 Å². The van der Waals surface area contributed by atoms with E-state index in [4.69, 9.17) is 0 Å². The number of carbonyl (C=O) groups is 2. The summed E-state index contributed by atoms with van der Waals surface area (Å²) in [6, 6.07) is 5.86. The van der Waals surface area contributed by atoms with Crippen molar-refractivity contribution in [3.05, 3.63) is 52.1 Å². The molecule has 0 aliphatic carbocycles. The van der Waals surface area contributed by atoms with Gasteiger partial charge in [-0.05, 0) is 24.1 Å². The van der Waals surface area contributed by atoms with Crippen LogP contribution in [0.2, 0.25) is 0 Å². The Balaban J connectivity index is 1.73. The molecule has 3 heterocycles. The van der Waals surface area contributed by atoms with Crippen LogP contribution in [0.15, 0.2) is 40.8 Å². The lowest BCUT2D eigenvalue weighted by Gasteiger charge is -2.14. The first-order chi connectivity index (χ1) is 12.5. The molecule has 4 rings (SSSR count). The number of benzene rings is 1. The number of amides is 2. The molecule has 132 valence electrons. The van der Waals surface area contributed by atoms with E-state index in [9.17, 15) is 18.8 Å². The molecule has 8 heteroatoms. The van der Waals surface area contributed by atoms with Gasteiger partial charge in [0.2, 0.25) is 11.8 Å². The summed E-state index contributed by atoms with van der Waals surface area (Å²) in [4.78, 5) is 42.9. The van der Waals surface area contributed by atoms with Crippen molar-refractivity contribution in [3.8, 4) is 11.1 Å². The highest BCUT2D eigenvalue weighted by Crippen LogP contribution is 2.30. The molecule has 1 aromatic carbocycles. The van der Waals surface area contributed by atoms with Crippen molar-refractivity contribution in [1.29, 1.82) is 0 Å². The number of imide groups is 1. The molecule has 0 atom stereocenters. The van der Waals surface area contributed by atoms with Crippen molar-refractivity contribution in [2.75, 3.05) is 6.54 Å². The molecule has 0 bridgehead atoms. The Bertz CT molecular complexity index is 1070. The molecule has 3 aromatic rings. The molecule has 2 amide bonds. The fourth-order valence-corrected chi connectivity index (χ4v) is 3.97. The normalized spacial score (nSPS) is 14.3. The van der Waals surface area contributed by atoms with Crippen molar-refractivity contribution >= 4 is 33.4 Å². The van der Waals surface area contributed by atoms with E-state index in [0.717, 1.165) is 0 Å². The Labute approximate surface area is 151 Å². The summed E-state index contributed by atoms with van der Waals surface area (Å²) in [6.45, 7) is 0.160. The van der Waals surface area contributed by atoms with Gasteiger partial charge in [0.1, 0.15) is 17.2 Å². The van der Waals surface area contributed by atoms with Crippen LogP contribution < -0.4 is 5.56 Å². The first kappa shape index (κ1) is 16.6. The lowest BCUT2D eigenvalue weighted by atomic mass is 10.1. The monoisotopic (exact) mass is 371 g/mol. The average Bonchev–Trinajstić information content (AvgIpc) is 3.25. The van der Waals surface area contributed by atoms with Gasteiger partial charge < -0.3 is 0 Å². The number of halogens is 1. The summed E-state index contributed by atoms with van der Waals surface area (Å²) in [5.74, 6) is -0.973. The predicted molar refractivity (Wildman–Crippen MR) is 95.2 cm³/mol. The Hall–Kier alpha value is -2.87. The largest absolute Gasteiger partial charge is 0.289 e. The summed E-state index contributed by atoms with van der Waals surface area (Å²) in [5, 5.41) is 2.19. The van der Waals surface area contributed by atoms with Crippen molar-refractivity contribution < 1.29 is 14.0 Å². The predicted octanol–water partition coefficient (Wildman–Crippen LogP) is 2.41. The molecule has 1 fully saturated rings. The van der Waals surface area contributed by atoms with Crippen LogP contribution in [0.1, 0.15) is 12.8 Å². The van der Waals surface area contributed by atoms with Gasteiger partial charge in [-0.1, -0.05) is 12.1 Å². The average molecular weight is 371 g/mol. The highest BCUT2D eigenvalue weighted by atomic mass is 32.1. The van der Waals surface area contributed by atoms with Crippen LogP contribution in [-0.2, 0) is 16.1 Å². The fourth-order valence-electron chi connectivity index (χ4n) is 3.07. The maximum atomic E-state index is 13.2. The van der Waals surface area contributed by atoms with Gasteiger partial charge in [-0.15, -0.1) is 11.3 Å². The summed E-state index contributed by atoms with van der Waals surface area (Å²) >= 11 is 1.31. The molecule has 26 heavy (non-hydrogen) atoms. The zero-order chi connectivity index (χ0) is 18.3. The highest BCUT2D eigenvalue weighted by molar-refractivity contribution is 7.17. The standard InChI is InChI=1S/C18H14FN3O3S/c19-12-5-3-11(4-6-12)13-9-26-17-16(13)18(25)21(10-20-17)8-15(24)22-7-1-2-14(22)23/h3-6,9-10H,1-2,7-8H2. The molecular weight excluding hydrogens is 357 g/mol. The first-order valence-corrected chi connectivity index (χ1v) is 8.98. The Kier molecular flexibility index (Phi) is 4.12. The minimum Gasteiger partial charge on any atom is -0.289 e. The number of hydrogen-bond donors (Lipinski definition) is 0. The maximum absolute atomic E-state index is 13.2. The smallest absolute Gasteiger partial charge is 0.263 e. The Morgan fingerprint density at radius 3 is 2.69 bits per heavy atom. The second-order valence-corrected chi connectivity index (χ2v) is 6.91. The highest BCUT2D eigenvalue weighted by Gasteiger charge is 2.27. The molecule has 0 radical (unpaired) electrons. The van der Waals surface area contributed by atoms with Gasteiger partial charge in [-0.25, -0.2) is 9.37 Å². The van der Waals surface area contributed by atoms with Crippen molar-refractivity contribution in [2.45, 2.75) is 19.4 Å². The van der Waals surface area contributed by atoms with E-state index in [0.29, 0.717) is 40.7 Å². The van der Waals surface area contributed by atoms with Crippen molar-refractivity contribution in [2.24, 2.45) is 0 Å². The third-order valence-corrected chi connectivity index (χ3v) is 5.28. The van der Waals surface area contributed by atoms with Crippen LogP contribution in [0.5, 0.6) is 0 Å². The third kappa shape index (κ3) is 2.82. The van der Waals surface area contributed by atoms with Gasteiger partial charge in [0, 0.05) is 23.9 Å². The quantitative estimate of drug-likeness (QED) is 0.709. The lowest BCUT2D eigenvalue weighted by Crippen LogP contribution is -2.37. The van der Waals surface area contributed by atoms with Crippen molar-refractivity contribution in [1.82, 2.24) is 14.5 Å². The van der Waals surface area contributed by atoms with E-state index in [2.05, 4.69) is 4.98 Å². The number of nitrogens with zero attached hydrogens (tertiary/aromatic N) is 3. The number of likely N-dealkylation sites (tertiary alicyclic amines) is 1. The molecule has 1 aliphatic heterocycles. The molecule has 1 saturated heterocycles. The number of carbonyl (C=O) groups excluding carboxylic acids is 2. The zero-order valence-corrected chi connectivity index (χ0v) is 14.5. The van der Waals surface area contributed by atoms with Crippen molar-refractivity contribution in [3.63, 3.8) is 0 Å². The molecule has 6 nitrogen and oxygen atoms in total. The van der Waals surface area contributed by atoms with Gasteiger partial charge in [0.05, 0.1) is 11.7 Å². The summed E-state index contributed by atoms with van der Waals surface area (Å²) in [7, 11) is 0. The number of hydrogen-bond acceptors (Lipinski definition) is 5. The number of fused-ring (bicyclic) bond motifs is 1. The molecule has 0 N–H and O–H groups in total. The van der Waals surface area contributed by atoms with Crippen LogP contribution in [0, 0.1) is 5.82 Å². The first-order valence-electron chi connectivity index (χ1n) is 8.10.